The number of nitrogens with zero attached hydrogens (tertiary/aromatic N) is 1. The number of nitrogens with one attached hydrogen (secondary N) is 4. The summed E-state index contributed by atoms with van der Waals surface area (Å²) in [6, 6.07) is 14.8. The van der Waals surface area contributed by atoms with Gasteiger partial charge in [-0.25, -0.2) is 4.99 Å². The molecule has 0 spiro atoms. The summed E-state index contributed by atoms with van der Waals surface area (Å²) in [5.74, 6) is 0.597. The molecule has 0 radical (unpaired) electrons. The van der Waals surface area contributed by atoms with E-state index in [9.17, 15) is 13.2 Å². The Morgan fingerprint density at radius 1 is 1.03 bits per heavy atom. The monoisotopic (exact) mass is 533 g/mol. The lowest BCUT2D eigenvalue weighted by Crippen LogP contribution is -2.57. The Kier molecular flexibility index (Phi) is 10.1. The number of halogens is 5. The molecular weight excluding hydrogens is 502 g/mol. The SMILES string of the molecule is CNC1(C)NC(=NC2CCC(NCc3ccccc3OC(F)(F)F)CC2)Nc2ccccc21.Cl.Cl. The predicted octanol–water partition coefficient (Wildman–Crippen LogP) is 5.29. The van der Waals surface area contributed by atoms with Crippen molar-refractivity contribution in [3.05, 3.63) is 59.7 Å². The molecule has 1 heterocycles. The van der Waals surface area contributed by atoms with Gasteiger partial charge in [-0.05, 0) is 51.8 Å². The lowest BCUT2D eigenvalue weighted by atomic mass is 9.91. The van der Waals surface area contributed by atoms with E-state index >= 15 is 0 Å². The largest absolute Gasteiger partial charge is 0.573 e. The summed E-state index contributed by atoms with van der Waals surface area (Å²) in [5, 5.41) is 13.6. The van der Waals surface area contributed by atoms with Crippen LogP contribution in [0.15, 0.2) is 53.5 Å². The van der Waals surface area contributed by atoms with Crippen LogP contribution in [0, 0.1) is 0 Å². The second kappa shape index (κ2) is 12.2. The number of aliphatic imine (C=N–C) groups is 1. The van der Waals surface area contributed by atoms with Crippen LogP contribution in [-0.2, 0) is 12.2 Å². The molecule has 1 saturated carbocycles. The summed E-state index contributed by atoms with van der Waals surface area (Å²) in [5.41, 5.74) is 2.25. The van der Waals surface area contributed by atoms with E-state index in [0.717, 1.165) is 42.9 Å². The minimum Gasteiger partial charge on any atom is -0.405 e. The lowest BCUT2D eigenvalue weighted by Gasteiger charge is -2.39. The first kappa shape index (κ1) is 29.0. The molecule has 0 amide bonds. The highest BCUT2D eigenvalue weighted by Crippen LogP contribution is 2.31. The normalized spacial score (nSPS) is 24.8. The van der Waals surface area contributed by atoms with E-state index in [2.05, 4.69) is 39.0 Å². The number of rotatable bonds is 6. The van der Waals surface area contributed by atoms with Gasteiger partial charge in [-0.1, -0.05) is 36.4 Å². The number of para-hydroxylation sites is 2. The Labute approximate surface area is 216 Å². The van der Waals surface area contributed by atoms with E-state index in [4.69, 9.17) is 4.99 Å². The van der Waals surface area contributed by atoms with Crippen LogP contribution in [0.2, 0.25) is 0 Å². The molecule has 6 nitrogen and oxygen atoms in total. The Hall–Kier alpha value is -2.20. The quantitative estimate of drug-likeness (QED) is 0.406. The zero-order valence-corrected chi connectivity index (χ0v) is 21.2. The van der Waals surface area contributed by atoms with Gasteiger partial charge in [0.2, 0.25) is 0 Å². The molecule has 0 bridgehead atoms. The standard InChI is InChI=1S/C24H30F3N5O.2ClH/c1-23(28-2)19-8-4-5-9-20(19)31-22(32-23)30-18-13-11-17(12-14-18)29-15-16-7-3-6-10-21(16)33-24(25,26)27;;/h3-10,17-18,28-29H,11-15H2,1-2H3,(H2,30,31,32);2*1H. The molecule has 1 fully saturated rings. The van der Waals surface area contributed by atoms with Crippen LogP contribution in [0.3, 0.4) is 0 Å². The first-order valence-electron chi connectivity index (χ1n) is 11.2. The van der Waals surface area contributed by atoms with Crippen molar-refractivity contribution in [1.82, 2.24) is 16.0 Å². The van der Waals surface area contributed by atoms with Gasteiger partial charge in [-0.15, -0.1) is 38.0 Å². The Morgan fingerprint density at radius 3 is 2.37 bits per heavy atom. The van der Waals surface area contributed by atoms with Gasteiger partial charge in [-0.2, -0.15) is 0 Å². The number of benzene rings is 2. The van der Waals surface area contributed by atoms with Crippen LogP contribution < -0.4 is 26.0 Å². The topological polar surface area (TPSA) is 69.7 Å². The van der Waals surface area contributed by atoms with Crippen molar-refractivity contribution < 1.29 is 17.9 Å². The summed E-state index contributed by atoms with van der Waals surface area (Å²) in [6.45, 7) is 2.42. The van der Waals surface area contributed by atoms with Crippen LogP contribution >= 0.6 is 24.8 Å². The van der Waals surface area contributed by atoms with Crippen molar-refractivity contribution in [3.8, 4) is 5.75 Å². The van der Waals surface area contributed by atoms with Gasteiger partial charge in [-0.3, -0.25) is 5.32 Å². The van der Waals surface area contributed by atoms with E-state index in [1.165, 1.54) is 6.07 Å². The molecule has 0 aromatic heterocycles. The van der Waals surface area contributed by atoms with Gasteiger partial charge in [0.15, 0.2) is 5.96 Å². The molecule has 1 aliphatic carbocycles. The third-order valence-corrected chi connectivity index (χ3v) is 6.38. The third-order valence-electron chi connectivity index (χ3n) is 6.38. The number of anilines is 1. The van der Waals surface area contributed by atoms with Crippen molar-refractivity contribution in [2.75, 3.05) is 12.4 Å². The van der Waals surface area contributed by atoms with Gasteiger partial charge in [0.1, 0.15) is 11.4 Å². The summed E-state index contributed by atoms with van der Waals surface area (Å²) in [6.07, 6.45) is -1.07. The number of fused-ring (bicyclic) bond motifs is 1. The van der Waals surface area contributed by atoms with Crippen LogP contribution in [0.1, 0.15) is 43.7 Å². The Balaban J connectivity index is 0.00000216. The van der Waals surface area contributed by atoms with E-state index in [0.29, 0.717) is 12.1 Å². The van der Waals surface area contributed by atoms with E-state index in [-0.39, 0.29) is 42.6 Å². The van der Waals surface area contributed by atoms with Crippen molar-refractivity contribution in [3.63, 3.8) is 0 Å². The molecule has 1 unspecified atom stereocenters. The highest BCUT2D eigenvalue weighted by atomic mass is 35.5. The van der Waals surface area contributed by atoms with Crippen molar-refractivity contribution in [1.29, 1.82) is 0 Å². The fourth-order valence-corrected chi connectivity index (χ4v) is 4.47. The molecule has 2 aliphatic rings. The highest BCUT2D eigenvalue weighted by molar-refractivity contribution is 5.97. The number of alkyl halides is 3. The maximum Gasteiger partial charge on any atom is 0.573 e. The predicted molar refractivity (Wildman–Crippen MR) is 138 cm³/mol. The summed E-state index contributed by atoms with van der Waals surface area (Å²) >= 11 is 0. The van der Waals surface area contributed by atoms with E-state index in [1.807, 2.05) is 25.2 Å². The van der Waals surface area contributed by atoms with Gasteiger partial charge < -0.3 is 20.7 Å². The van der Waals surface area contributed by atoms with Crippen LogP contribution in [0.25, 0.3) is 0 Å². The molecular formula is C24H32Cl2F3N5O. The molecule has 0 saturated heterocycles. The number of ether oxygens (including phenoxy) is 1. The second-order valence-electron chi connectivity index (χ2n) is 8.69. The number of guanidine groups is 1. The molecule has 1 aliphatic heterocycles. The molecule has 4 rings (SSSR count). The third kappa shape index (κ3) is 7.39. The van der Waals surface area contributed by atoms with Gasteiger partial charge in [0, 0.05) is 29.4 Å². The van der Waals surface area contributed by atoms with Crippen molar-refractivity contribution >= 4 is 36.5 Å². The van der Waals surface area contributed by atoms with Gasteiger partial charge in [0.25, 0.3) is 0 Å². The van der Waals surface area contributed by atoms with Crippen LogP contribution in [0.5, 0.6) is 5.75 Å². The number of hydrogen-bond acceptors (Lipinski definition) is 4. The lowest BCUT2D eigenvalue weighted by molar-refractivity contribution is -0.274. The summed E-state index contributed by atoms with van der Waals surface area (Å²) < 4.78 is 42.1. The zero-order valence-electron chi connectivity index (χ0n) is 19.6. The fourth-order valence-electron chi connectivity index (χ4n) is 4.47. The highest BCUT2D eigenvalue weighted by Gasteiger charge is 2.34. The first-order chi connectivity index (χ1) is 15.8. The second-order valence-corrected chi connectivity index (χ2v) is 8.69. The molecule has 4 N–H and O–H groups in total. The van der Waals surface area contributed by atoms with Crippen LogP contribution in [0.4, 0.5) is 18.9 Å². The molecule has 11 heteroatoms. The van der Waals surface area contributed by atoms with Crippen LogP contribution in [-0.4, -0.2) is 31.5 Å². The Morgan fingerprint density at radius 2 is 1.69 bits per heavy atom. The Bertz CT molecular complexity index is 999. The smallest absolute Gasteiger partial charge is 0.405 e. The maximum atomic E-state index is 12.6. The minimum absolute atomic E-state index is 0. The zero-order chi connectivity index (χ0) is 23.5. The first-order valence-corrected chi connectivity index (χ1v) is 11.2. The van der Waals surface area contributed by atoms with Crippen molar-refractivity contribution in [2.45, 2.75) is 63.3 Å². The number of hydrogen-bond donors (Lipinski definition) is 4. The van der Waals surface area contributed by atoms with E-state index < -0.39 is 12.0 Å². The molecule has 1 atom stereocenters. The average molecular weight is 534 g/mol. The van der Waals surface area contributed by atoms with Gasteiger partial charge in [0.05, 0.1) is 6.04 Å². The average Bonchev–Trinajstić information content (AvgIpc) is 2.78. The maximum absolute atomic E-state index is 12.6. The molecule has 35 heavy (non-hydrogen) atoms. The van der Waals surface area contributed by atoms with Gasteiger partial charge >= 0.3 is 6.36 Å². The molecule has 194 valence electrons. The van der Waals surface area contributed by atoms with E-state index in [1.54, 1.807) is 18.2 Å². The molecule has 2 aromatic rings. The minimum atomic E-state index is -4.70. The molecule has 2 aromatic carbocycles. The summed E-state index contributed by atoms with van der Waals surface area (Å²) in [4.78, 5) is 4.93. The van der Waals surface area contributed by atoms with Crippen molar-refractivity contribution in [2.24, 2.45) is 4.99 Å². The summed E-state index contributed by atoms with van der Waals surface area (Å²) in [7, 11) is 1.92. The fraction of sp³-hybridized carbons (Fsp3) is 0.458.